The number of aromatic nitrogens is 2. The van der Waals surface area contributed by atoms with Crippen LogP contribution < -0.4 is 5.32 Å². The van der Waals surface area contributed by atoms with Gasteiger partial charge in [0.15, 0.2) is 0 Å². The molecule has 0 spiro atoms. The van der Waals surface area contributed by atoms with Crippen LogP contribution in [0.15, 0.2) is 30.3 Å². The van der Waals surface area contributed by atoms with Gasteiger partial charge in [0.05, 0.1) is 6.04 Å². The molecule has 25 heavy (non-hydrogen) atoms. The third kappa shape index (κ3) is 4.32. The fourth-order valence-electron chi connectivity index (χ4n) is 2.96. The molecule has 0 aliphatic carbocycles. The standard InChI is InChI=1S/C19H23FN4O/c1-12(2)19-21-13(3)8-17(23-19)22-16-9-18(25)24(11-16)10-14-4-6-15(20)7-5-14/h4-8,12,16H,9-11H2,1-3H3,(H,21,22,23)/t16-/m0/s1. The van der Waals surface area contributed by atoms with E-state index in [2.05, 4.69) is 29.1 Å². The Kier molecular flexibility index (Phi) is 4.97. The summed E-state index contributed by atoms with van der Waals surface area (Å²) >= 11 is 0. The molecule has 0 saturated carbocycles. The summed E-state index contributed by atoms with van der Waals surface area (Å²) in [7, 11) is 0. The van der Waals surface area contributed by atoms with Crippen molar-refractivity contribution in [2.24, 2.45) is 0 Å². The molecule has 0 bridgehead atoms. The van der Waals surface area contributed by atoms with Gasteiger partial charge in [-0.15, -0.1) is 0 Å². The molecule has 2 heterocycles. The Morgan fingerprint density at radius 1 is 1.28 bits per heavy atom. The molecule has 1 N–H and O–H groups in total. The highest BCUT2D eigenvalue weighted by Crippen LogP contribution is 2.20. The van der Waals surface area contributed by atoms with E-state index in [4.69, 9.17) is 0 Å². The van der Waals surface area contributed by atoms with Crippen LogP contribution in [-0.2, 0) is 11.3 Å². The number of nitrogens with zero attached hydrogens (tertiary/aromatic N) is 3. The molecule has 1 aliphatic rings. The molecule has 2 aromatic rings. The topological polar surface area (TPSA) is 58.1 Å². The van der Waals surface area contributed by atoms with Crippen LogP contribution >= 0.6 is 0 Å². The van der Waals surface area contributed by atoms with Crippen LogP contribution in [0.4, 0.5) is 10.2 Å². The Hall–Kier alpha value is -2.50. The molecule has 3 rings (SSSR count). The fourth-order valence-corrected chi connectivity index (χ4v) is 2.96. The van der Waals surface area contributed by atoms with Gasteiger partial charge in [0.2, 0.25) is 5.91 Å². The van der Waals surface area contributed by atoms with E-state index >= 15 is 0 Å². The third-order valence-corrected chi connectivity index (χ3v) is 4.24. The predicted octanol–water partition coefficient (Wildman–Crippen LogP) is 3.26. The maximum atomic E-state index is 13.0. The third-order valence-electron chi connectivity index (χ3n) is 4.24. The first-order valence-electron chi connectivity index (χ1n) is 8.55. The Labute approximate surface area is 147 Å². The van der Waals surface area contributed by atoms with Crippen LogP contribution in [0.5, 0.6) is 0 Å². The van der Waals surface area contributed by atoms with Gasteiger partial charge >= 0.3 is 0 Å². The first-order valence-corrected chi connectivity index (χ1v) is 8.55. The first-order chi connectivity index (χ1) is 11.9. The van der Waals surface area contributed by atoms with Crippen LogP contribution in [0.3, 0.4) is 0 Å². The number of carbonyl (C=O) groups is 1. The lowest BCUT2D eigenvalue weighted by Crippen LogP contribution is -2.28. The van der Waals surface area contributed by atoms with E-state index in [-0.39, 0.29) is 23.7 Å². The van der Waals surface area contributed by atoms with Gasteiger partial charge in [-0.25, -0.2) is 14.4 Å². The van der Waals surface area contributed by atoms with Crippen molar-refractivity contribution >= 4 is 11.7 Å². The van der Waals surface area contributed by atoms with Crippen molar-refractivity contribution in [2.75, 3.05) is 11.9 Å². The molecule has 1 aliphatic heterocycles. The second-order valence-electron chi connectivity index (χ2n) is 6.85. The van der Waals surface area contributed by atoms with E-state index in [9.17, 15) is 9.18 Å². The Bertz CT molecular complexity index is 761. The van der Waals surface area contributed by atoms with Crippen LogP contribution in [0.1, 0.15) is 43.3 Å². The summed E-state index contributed by atoms with van der Waals surface area (Å²) in [5, 5.41) is 3.36. The van der Waals surface area contributed by atoms with E-state index < -0.39 is 0 Å². The molecule has 0 unspecified atom stereocenters. The Morgan fingerprint density at radius 3 is 2.68 bits per heavy atom. The smallest absolute Gasteiger partial charge is 0.225 e. The lowest BCUT2D eigenvalue weighted by atomic mass is 10.2. The molecule has 1 saturated heterocycles. The average molecular weight is 342 g/mol. The lowest BCUT2D eigenvalue weighted by Gasteiger charge is -2.18. The number of aryl methyl sites for hydroxylation is 1. The predicted molar refractivity (Wildman–Crippen MR) is 94.7 cm³/mol. The minimum absolute atomic E-state index is 0.0160. The minimum Gasteiger partial charge on any atom is -0.365 e. The van der Waals surface area contributed by atoms with Gasteiger partial charge in [0.25, 0.3) is 0 Å². The maximum Gasteiger partial charge on any atom is 0.225 e. The molecular formula is C19H23FN4O. The zero-order valence-electron chi connectivity index (χ0n) is 14.8. The molecule has 1 amide bonds. The molecule has 1 aromatic carbocycles. The van der Waals surface area contributed by atoms with E-state index in [1.807, 2.05) is 13.0 Å². The normalized spacial score (nSPS) is 17.4. The van der Waals surface area contributed by atoms with E-state index in [1.54, 1.807) is 17.0 Å². The SMILES string of the molecule is Cc1cc(N[C@H]2CC(=O)N(Cc3ccc(F)cc3)C2)nc(C(C)C)n1. The molecule has 1 atom stereocenters. The minimum atomic E-state index is -0.267. The largest absolute Gasteiger partial charge is 0.365 e. The number of carbonyl (C=O) groups excluding carboxylic acids is 1. The lowest BCUT2D eigenvalue weighted by molar-refractivity contribution is -0.128. The highest BCUT2D eigenvalue weighted by molar-refractivity contribution is 5.80. The second kappa shape index (κ2) is 7.17. The van der Waals surface area contributed by atoms with Crippen LogP contribution in [0.2, 0.25) is 0 Å². The second-order valence-corrected chi connectivity index (χ2v) is 6.85. The maximum absolute atomic E-state index is 13.0. The molecule has 5 nitrogen and oxygen atoms in total. The summed E-state index contributed by atoms with van der Waals surface area (Å²) in [5.41, 5.74) is 1.84. The van der Waals surface area contributed by atoms with Gasteiger partial charge < -0.3 is 10.2 Å². The molecule has 0 radical (unpaired) electrons. The summed E-state index contributed by atoms with van der Waals surface area (Å²) in [6.07, 6.45) is 0.432. The van der Waals surface area contributed by atoms with Gasteiger partial charge in [-0.2, -0.15) is 0 Å². The number of rotatable bonds is 5. The van der Waals surface area contributed by atoms with Gasteiger partial charge in [0, 0.05) is 37.2 Å². The monoisotopic (exact) mass is 342 g/mol. The van der Waals surface area contributed by atoms with Gasteiger partial charge in [-0.1, -0.05) is 26.0 Å². The number of nitrogens with one attached hydrogen (secondary N) is 1. The molecule has 1 fully saturated rings. The van der Waals surface area contributed by atoms with Crippen molar-refractivity contribution in [1.29, 1.82) is 0 Å². The van der Waals surface area contributed by atoms with Crippen molar-refractivity contribution in [3.63, 3.8) is 0 Å². The van der Waals surface area contributed by atoms with E-state index in [1.165, 1.54) is 12.1 Å². The van der Waals surface area contributed by atoms with Gasteiger partial charge in [-0.3, -0.25) is 4.79 Å². The zero-order chi connectivity index (χ0) is 18.0. The number of hydrogen-bond donors (Lipinski definition) is 1. The number of benzene rings is 1. The Morgan fingerprint density at radius 2 is 2.00 bits per heavy atom. The van der Waals surface area contributed by atoms with Crippen molar-refractivity contribution in [3.8, 4) is 0 Å². The summed E-state index contributed by atoms with van der Waals surface area (Å²) in [6.45, 7) is 7.16. The quantitative estimate of drug-likeness (QED) is 0.906. The number of hydrogen-bond acceptors (Lipinski definition) is 4. The van der Waals surface area contributed by atoms with Crippen LogP contribution in [-0.4, -0.2) is 33.4 Å². The molecule has 1 aromatic heterocycles. The number of anilines is 1. The number of halogens is 1. The van der Waals surface area contributed by atoms with Crippen LogP contribution in [0, 0.1) is 12.7 Å². The average Bonchev–Trinajstić information content (AvgIpc) is 2.88. The van der Waals surface area contributed by atoms with Gasteiger partial charge in [-0.05, 0) is 24.6 Å². The van der Waals surface area contributed by atoms with Crippen molar-refractivity contribution < 1.29 is 9.18 Å². The molecular weight excluding hydrogens is 319 g/mol. The number of likely N-dealkylation sites (tertiary alicyclic amines) is 1. The molecule has 132 valence electrons. The first kappa shape index (κ1) is 17.3. The van der Waals surface area contributed by atoms with Crippen molar-refractivity contribution in [3.05, 3.63) is 53.2 Å². The van der Waals surface area contributed by atoms with Gasteiger partial charge in [0.1, 0.15) is 17.5 Å². The number of amides is 1. The highest BCUT2D eigenvalue weighted by Gasteiger charge is 2.29. The zero-order valence-corrected chi connectivity index (χ0v) is 14.8. The molecule has 6 heteroatoms. The summed E-state index contributed by atoms with van der Waals surface area (Å²) in [4.78, 5) is 23.0. The van der Waals surface area contributed by atoms with E-state index in [0.717, 1.165) is 22.9 Å². The Balaban J connectivity index is 1.65. The summed E-state index contributed by atoms with van der Waals surface area (Å²) < 4.78 is 13.0. The van der Waals surface area contributed by atoms with Crippen LogP contribution in [0.25, 0.3) is 0 Å². The fraction of sp³-hybridized carbons (Fsp3) is 0.421. The summed E-state index contributed by atoms with van der Waals surface area (Å²) in [6, 6.07) is 8.19. The summed E-state index contributed by atoms with van der Waals surface area (Å²) in [5.74, 6) is 1.64. The van der Waals surface area contributed by atoms with E-state index in [0.29, 0.717) is 19.5 Å². The highest BCUT2D eigenvalue weighted by atomic mass is 19.1. The van der Waals surface area contributed by atoms with Crippen molar-refractivity contribution in [1.82, 2.24) is 14.9 Å². The van der Waals surface area contributed by atoms with Crippen molar-refractivity contribution in [2.45, 2.75) is 45.7 Å².